The van der Waals surface area contributed by atoms with Crippen LogP contribution in [-0.2, 0) is 13.0 Å². The number of hydrogen-bond donors (Lipinski definition) is 1. The second kappa shape index (κ2) is 5.86. The van der Waals surface area contributed by atoms with Gasteiger partial charge in [-0.15, -0.1) is 0 Å². The highest BCUT2D eigenvalue weighted by Crippen LogP contribution is 2.31. The third-order valence-corrected chi connectivity index (χ3v) is 4.35. The monoisotopic (exact) mass is 284 g/mol. The molecule has 0 amide bonds. The summed E-state index contributed by atoms with van der Waals surface area (Å²) in [4.78, 5) is 2.27. The van der Waals surface area contributed by atoms with Crippen LogP contribution in [0.3, 0.4) is 0 Å². The van der Waals surface area contributed by atoms with Gasteiger partial charge in [0.1, 0.15) is 5.82 Å². The molecule has 1 unspecified atom stereocenters. The number of nitrogens with one attached hydrogen (secondary N) is 1. The van der Waals surface area contributed by atoms with Crippen LogP contribution in [0.25, 0.3) is 0 Å². The lowest BCUT2D eigenvalue weighted by atomic mass is 10.0. The Labute approximate surface area is 125 Å². The minimum atomic E-state index is -0.119. The maximum Gasteiger partial charge on any atom is 0.128 e. The molecule has 0 fully saturated rings. The molecule has 0 saturated heterocycles. The highest BCUT2D eigenvalue weighted by atomic mass is 19.1. The van der Waals surface area contributed by atoms with Gasteiger partial charge in [0.15, 0.2) is 0 Å². The first kappa shape index (κ1) is 14.1. The molecule has 2 nitrogen and oxygen atoms in total. The van der Waals surface area contributed by atoms with Gasteiger partial charge in [-0.05, 0) is 43.7 Å². The van der Waals surface area contributed by atoms with E-state index < -0.39 is 0 Å². The first-order valence-electron chi connectivity index (χ1n) is 7.47. The Balaban J connectivity index is 1.83. The van der Waals surface area contributed by atoms with Gasteiger partial charge < -0.3 is 10.2 Å². The highest BCUT2D eigenvalue weighted by Gasteiger charge is 2.20. The van der Waals surface area contributed by atoms with Crippen molar-refractivity contribution >= 4 is 5.69 Å². The van der Waals surface area contributed by atoms with E-state index in [-0.39, 0.29) is 5.82 Å². The number of rotatable bonds is 4. The summed E-state index contributed by atoms with van der Waals surface area (Å²) in [6.45, 7) is 3.76. The highest BCUT2D eigenvalue weighted by molar-refractivity contribution is 5.59. The summed E-state index contributed by atoms with van der Waals surface area (Å²) < 4.78 is 13.8. The number of fused-ring (bicyclic) bond motifs is 1. The van der Waals surface area contributed by atoms with Crippen molar-refractivity contribution in [3.63, 3.8) is 0 Å². The minimum Gasteiger partial charge on any atom is -0.367 e. The van der Waals surface area contributed by atoms with Gasteiger partial charge >= 0.3 is 0 Å². The summed E-state index contributed by atoms with van der Waals surface area (Å²) in [5.41, 5.74) is 4.68. The smallest absolute Gasteiger partial charge is 0.128 e. The molecule has 0 saturated carbocycles. The molecule has 1 heterocycles. The minimum absolute atomic E-state index is 0.119. The first-order chi connectivity index (χ1) is 10.2. The van der Waals surface area contributed by atoms with Crippen molar-refractivity contribution < 1.29 is 4.39 Å². The van der Waals surface area contributed by atoms with E-state index in [4.69, 9.17) is 0 Å². The second-order valence-electron chi connectivity index (χ2n) is 5.66. The zero-order valence-electron chi connectivity index (χ0n) is 12.6. The Morgan fingerprint density at radius 2 is 2.05 bits per heavy atom. The van der Waals surface area contributed by atoms with Crippen molar-refractivity contribution in [3.8, 4) is 0 Å². The van der Waals surface area contributed by atoms with Crippen LogP contribution < -0.4 is 10.2 Å². The number of anilines is 1. The van der Waals surface area contributed by atoms with Crippen molar-refractivity contribution in [1.29, 1.82) is 0 Å². The predicted octanol–water partition coefficient (Wildman–Crippen LogP) is 3.67. The van der Waals surface area contributed by atoms with Gasteiger partial charge in [0.25, 0.3) is 0 Å². The zero-order chi connectivity index (χ0) is 14.8. The largest absolute Gasteiger partial charge is 0.367 e. The number of halogens is 1. The van der Waals surface area contributed by atoms with E-state index in [1.807, 2.05) is 19.2 Å². The van der Waals surface area contributed by atoms with Crippen molar-refractivity contribution in [1.82, 2.24) is 5.32 Å². The maximum absolute atomic E-state index is 13.8. The molecule has 0 bridgehead atoms. The second-order valence-corrected chi connectivity index (χ2v) is 5.66. The summed E-state index contributed by atoms with van der Waals surface area (Å²) in [6.07, 6.45) is 1.04. The molecule has 21 heavy (non-hydrogen) atoms. The first-order valence-corrected chi connectivity index (χ1v) is 7.47. The van der Waals surface area contributed by atoms with Crippen LogP contribution in [0.5, 0.6) is 0 Å². The molecule has 110 valence electrons. The van der Waals surface area contributed by atoms with Crippen LogP contribution >= 0.6 is 0 Å². The number of nitrogens with zero attached hydrogens (tertiary/aromatic N) is 1. The van der Waals surface area contributed by atoms with Gasteiger partial charge in [0, 0.05) is 30.4 Å². The van der Waals surface area contributed by atoms with Crippen LogP contribution in [0.15, 0.2) is 42.5 Å². The Hall–Kier alpha value is -1.87. The lowest BCUT2D eigenvalue weighted by Gasteiger charge is -2.20. The van der Waals surface area contributed by atoms with E-state index in [2.05, 4.69) is 35.3 Å². The topological polar surface area (TPSA) is 15.3 Å². The van der Waals surface area contributed by atoms with E-state index >= 15 is 0 Å². The van der Waals surface area contributed by atoms with Gasteiger partial charge in [-0.3, -0.25) is 0 Å². The summed E-state index contributed by atoms with van der Waals surface area (Å²) in [6, 6.07) is 14.0. The van der Waals surface area contributed by atoms with Gasteiger partial charge in [0.05, 0.1) is 0 Å². The van der Waals surface area contributed by atoms with Crippen LogP contribution in [0.1, 0.15) is 29.7 Å². The average Bonchev–Trinajstić information content (AvgIpc) is 2.91. The van der Waals surface area contributed by atoms with Crippen LogP contribution in [0.4, 0.5) is 10.1 Å². The molecule has 0 spiro atoms. The quantitative estimate of drug-likeness (QED) is 0.921. The Morgan fingerprint density at radius 3 is 2.81 bits per heavy atom. The van der Waals surface area contributed by atoms with E-state index in [1.165, 1.54) is 22.9 Å². The molecule has 0 aliphatic carbocycles. The maximum atomic E-state index is 13.8. The lowest BCUT2D eigenvalue weighted by Crippen LogP contribution is -2.20. The SMILES string of the molecule is CNC(C)c1ccc2c(c1)CCN2Cc1ccccc1F. The molecule has 0 radical (unpaired) electrons. The van der Waals surface area contributed by atoms with Crippen LogP contribution in [0.2, 0.25) is 0 Å². The normalized spacial score (nSPS) is 15.1. The van der Waals surface area contributed by atoms with Crippen molar-refractivity contribution in [3.05, 3.63) is 65.0 Å². The molecule has 2 aromatic carbocycles. The van der Waals surface area contributed by atoms with Crippen LogP contribution in [0, 0.1) is 5.82 Å². The summed E-state index contributed by atoms with van der Waals surface area (Å²) in [5, 5.41) is 3.27. The molecule has 0 aromatic heterocycles. The lowest BCUT2D eigenvalue weighted by molar-refractivity contribution is 0.606. The van der Waals surface area contributed by atoms with E-state index in [9.17, 15) is 4.39 Å². The fourth-order valence-electron chi connectivity index (χ4n) is 2.92. The van der Waals surface area contributed by atoms with E-state index in [1.54, 1.807) is 6.07 Å². The fourth-order valence-corrected chi connectivity index (χ4v) is 2.92. The van der Waals surface area contributed by atoms with Crippen molar-refractivity contribution in [2.75, 3.05) is 18.5 Å². The van der Waals surface area contributed by atoms with E-state index in [0.29, 0.717) is 12.6 Å². The van der Waals surface area contributed by atoms with Crippen LogP contribution in [-0.4, -0.2) is 13.6 Å². The molecule has 1 aliphatic heterocycles. The van der Waals surface area contributed by atoms with Crippen molar-refractivity contribution in [2.45, 2.75) is 25.9 Å². The molecule has 1 atom stereocenters. The van der Waals surface area contributed by atoms with Gasteiger partial charge in [0.2, 0.25) is 0 Å². The molecule has 1 N–H and O–H groups in total. The molecular weight excluding hydrogens is 263 g/mol. The Morgan fingerprint density at radius 1 is 1.24 bits per heavy atom. The number of hydrogen-bond acceptors (Lipinski definition) is 2. The predicted molar refractivity (Wildman–Crippen MR) is 85.1 cm³/mol. The zero-order valence-corrected chi connectivity index (χ0v) is 12.6. The Bertz CT molecular complexity index is 639. The average molecular weight is 284 g/mol. The molecule has 3 rings (SSSR count). The van der Waals surface area contributed by atoms with E-state index in [0.717, 1.165) is 18.5 Å². The van der Waals surface area contributed by atoms with Gasteiger partial charge in [-0.25, -0.2) is 4.39 Å². The third kappa shape index (κ3) is 2.79. The Kier molecular flexibility index (Phi) is 3.93. The molecular formula is C18H21FN2. The molecule has 3 heteroatoms. The summed E-state index contributed by atoms with van der Waals surface area (Å²) in [7, 11) is 1.97. The fraction of sp³-hybridized carbons (Fsp3) is 0.333. The third-order valence-electron chi connectivity index (χ3n) is 4.35. The molecule has 1 aliphatic rings. The standard InChI is InChI=1S/C18H21FN2/c1-13(20-2)14-7-8-18-15(11-14)9-10-21(18)12-16-5-3-4-6-17(16)19/h3-8,11,13,20H,9-10,12H2,1-2H3. The molecule has 2 aromatic rings. The summed E-state index contributed by atoms with van der Waals surface area (Å²) in [5.74, 6) is -0.119. The summed E-state index contributed by atoms with van der Waals surface area (Å²) >= 11 is 0. The number of benzene rings is 2. The van der Waals surface area contributed by atoms with Gasteiger partial charge in [-0.1, -0.05) is 30.3 Å². The van der Waals surface area contributed by atoms with Crippen molar-refractivity contribution in [2.24, 2.45) is 0 Å². The van der Waals surface area contributed by atoms with Gasteiger partial charge in [-0.2, -0.15) is 0 Å².